The number of thiocarbonyl (C=S) groups is 1. The minimum Gasteiger partial charge on any atom is -0.375 e. The first-order valence-corrected chi connectivity index (χ1v) is 6.24. The van der Waals surface area contributed by atoms with Crippen LogP contribution in [0, 0.1) is 0 Å². The van der Waals surface area contributed by atoms with E-state index < -0.39 is 0 Å². The van der Waals surface area contributed by atoms with E-state index in [1.807, 2.05) is 18.3 Å². The van der Waals surface area contributed by atoms with Crippen LogP contribution in [0.1, 0.15) is 5.56 Å². The predicted molar refractivity (Wildman–Crippen MR) is 83.3 cm³/mol. The maximum atomic E-state index is 5.32. The van der Waals surface area contributed by atoms with Crippen molar-refractivity contribution in [2.45, 2.75) is 0 Å². The highest BCUT2D eigenvalue weighted by Crippen LogP contribution is 2.25. The van der Waals surface area contributed by atoms with E-state index in [0.717, 1.165) is 16.5 Å². The van der Waals surface area contributed by atoms with Crippen LogP contribution < -0.4 is 11.2 Å². The first kappa shape index (κ1) is 11.7. The van der Waals surface area contributed by atoms with Gasteiger partial charge in [-0.05, 0) is 17.6 Å². The molecule has 19 heavy (non-hydrogen) atoms. The van der Waals surface area contributed by atoms with Gasteiger partial charge in [0.05, 0.1) is 11.7 Å². The number of nitrogens with zero attached hydrogens (tertiary/aromatic N) is 1. The summed E-state index contributed by atoms with van der Waals surface area (Å²) < 4.78 is 0. The van der Waals surface area contributed by atoms with Gasteiger partial charge in [0.25, 0.3) is 0 Å². The molecule has 1 heterocycles. The molecule has 4 nitrogen and oxygen atoms in total. The van der Waals surface area contributed by atoms with Crippen molar-refractivity contribution in [2.75, 3.05) is 0 Å². The maximum absolute atomic E-state index is 5.32. The summed E-state index contributed by atoms with van der Waals surface area (Å²) >= 11 is 4.69. The molecule has 0 bridgehead atoms. The lowest BCUT2D eigenvalue weighted by atomic mass is 10.1. The molecule has 5 heteroatoms. The van der Waals surface area contributed by atoms with Crippen molar-refractivity contribution in [3.8, 4) is 0 Å². The number of rotatable bonds is 2. The molecule has 0 saturated carbocycles. The third kappa shape index (κ3) is 2.15. The zero-order valence-corrected chi connectivity index (χ0v) is 10.9. The monoisotopic (exact) mass is 268 g/mol. The first-order chi connectivity index (χ1) is 9.25. The van der Waals surface area contributed by atoms with Crippen LogP contribution in [0.25, 0.3) is 21.7 Å². The second-order valence-electron chi connectivity index (χ2n) is 4.19. The summed E-state index contributed by atoms with van der Waals surface area (Å²) in [5.74, 6) is 0. The molecule has 94 valence electrons. The van der Waals surface area contributed by atoms with Crippen LogP contribution in [0.5, 0.6) is 0 Å². The average molecular weight is 268 g/mol. The van der Waals surface area contributed by atoms with Crippen molar-refractivity contribution in [2.24, 2.45) is 10.8 Å². The summed E-state index contributed by atoms with van der Waals surface area (Å²) in [4.78, 5) is 3.29. The van der Waals surface area contributed by atoms with Gasteiger partial charge in [-0.2, -0.15) is 5.10 Å². The fraction of sp³-hybridized carbons (Fsp3) is 0. The molecular weight excluding hydrogens is 256 g/mol. The molecule has 0 aliphatic heterocycles. The molecular formula is C14H12N4S. The molecule has 1 aromatic heterocycles. The molecule has 0 saturated heterocycles. The van der Waals surface area contributed by atoms with E-state index in [1.54, 1.807) is 6.21 Å². The maximum Gasteiger partial charge on any atom is 0.184 e. The number of aromatic amines is 1. The normalized spacial score (nSPS) is 11.4. The van der Waals surface area contributed by atoms with E-state index in [2.05, 4.69) is 39.8 Å². The number of fused-ring (bicyclic) bond motifs is 3. The van der Waals surface area contributed by atoms with E-state index in [1.165, 1.54) is 10.8 Å². The van der Waals surface area contributed by atoms with Gasteiger partial charge in [0, 0.05) is 22.5 Å². The molecule has 2 aromatic carbocycles. The smallest absolute Gasteiger partial charge is 0.184 e. The van der Waals surface area contributed by atoms with Crippen LogP contribution in [0.2, 0.25) is 0 Å². The van der Waals surface area contributed by atoms with E-state index in [0.29, 0.717) is 0 Å². The Morgan fingerprint density at radius 1 is 1.21 bits per heavy atom. The van der Waals surface area contributed by atoms with Crippen molar-refractivity contribution in [3.05, 3.63) is 48.2 Å². The Bertz CT molecular complexity index is 788. The Labute approximate surface area is 115 Å². The number of benzene rings is 2. The van der Waals surface area contributed by atoms with Gasteiger partial charge in [-0.25, -0.2) is 0 Å². The van der Waals surface area contributed by atoms with E-state index in [-0.39, 0.29) is 5.11 Å². The van der Waals surface area contributed by atoms with E-state index in [9.17, 15) is 0 Å². The Morgan fingerprint density at radius 2 is 2.05 bits per heavy atom. The lowest BCUT2D eigenvalue weighted by molar-refractivity contribution is 1.04. The molecule has 3 aromatic rings. The summed E-state index contributed by atoms with van der Waals surface area (Å²) in [6.07, 6.45) is 3.62. The van der Waals surface area contributed by atoms with Crippen molar-refractivity contribution in [1.29, 1.82) is 0 Å². The topological polar surface area (TPSA) is 66.2 Å². The third-order valence-electron chi connectivity index (χ3n) is 2.99. The second-order valence-corrected chi connectivity index (χ2v) is 4.63. The number of nitrogens with two attached hydrogens (primary N) is 1. The number of aromatic nitrogens is 1. The van der Waals surface area contributed by atoms with Crippen LogP contribution in [0.4, 0.5) is 0 Å². The van der Waals surface area contributed by atoms with Gasteiger partial charge < -0.3 is 10.7 Å². The van der Waals surface area contributed by atoms with Gasteiger partial charge in [-0.1, -0.05) is 36.4 Å². The SMILES string of the molecule is NC(=S)N/N=C/c1c[nH]c2c1ccc1ccccc12. The summed E-state index contributed by atoms with van der Waals surface area (Å²) in [7, 11) is 0. The highest BCUT2D eigenvalue weighted by atomic mass is 32.1. The van der Waals surface area contributed by atoms with Crippen molar-refractivity contribution in [3.63, 3.8) is 0 Å². The largest absolute Gasteiger partial charge is 0.375 e. The second kappa shape index (κ2) is 4.70. The van der Waals surface area contributed by atoms with Gasteiger partial charge in [0.2, 0.25) is 0 Å². The number of hydrogen-bond donors (Lipinski definition) is 3. The molecule has 0 aliphatic carbocycles. The minimum atomic E-state index is 0.154. The lowest BCUT2D eigenvalue weighted by Gasteiger charge is -1.99. The fourth-order valence-corrected chi connectivity index (χ4v) is 2.22. The highest BCUT2D eigenvalue weighted by Gasteiger charge is 2.04. The molecule has 0 radical (unpaired) electrons. The fourth-order valence-electron chi connectivity index (χ4n) is 2.17. The lowest BCUT2D eigenvalue weighted by Crippen LogP contribution is -2.23. The molecule has 0 unspecified atom stereocenters. The van der Waals surface area contributed by atoms with Gasteiger partial charge >= 0.3 is 0 Å². The third-order valence-corrected chi connectivity index (χ3v) is 3.08. The van der Waals surface area contributed by atoms with E-state index in [4.69, 9.17) is 18.0 Å². The van der Waals surface area contributed by atoms with Crippen LogP contribution in [-0.2, 0) is 0 Å². The van der Waals surface area contributed by atoms with Gasteiger partial charge in [0.1, 0.15) is 0 Å². The average Bonchev–Trinajstić information content (AvgIpc) is 2.82. The summed E-state index contributed by atoms with van der Waals surface area (Å²) in [5.41, 5.74) is 9.96. The Morgan fingerprint density at radius 3 is 2.89 bits per heavy atom. The van der Waals surface area contributed by atoms with Crippen LogP contribution in [-0.4, -0.2) is 16.3 Å². The molecule has 0 spiro atoms. The standard InChI is InChI=1S/C14H12N4S/c15-14(19)18-17-8-10-7-16-13-11-4-2-1-3-9(11)5-6-12(10)13/h1-8,16H,(H3,15,18,19)/b17-8+. The number of hydrogen-bond acceptors (Lipinski definition) is 2. The molecule has 4 N–H and O–H groups in total. The molecule has 0 fully saturated rings. The predicted octanol–water partition coefficient (Wildman–Crippen LogP) is 2.49. The van der Waals surface area contributed by atoms with Crippen molar-refractivity contribution < 1.29 is 0 Å². The zero-order valence-electron chi connectivity index (χ0n) is 10.1. The van der Waals surface area contributed by atoms with Crippen molar-refractivity contribution >= 4 is 45.2 Å². The molecule has 0 amide bonds. The van der Waals surface area contributed by atoms with Crippen LogP contribution >= 0.6 is 12.2 Å². The first-order valence-electron chi connectivity index (χ1n) is 5.83. The van der Waals surface area contributed by atoms with Crippen LogP contribution in [0.15, 0.2) is 47.7 Å². The quantitative estimate of drug-likeness (QED) is 0.380. The van der Waals surface area contributed by atoms with Crippen LogP contribution in [0.3, 0.4) is 0 Å². The number of H-pyrrole nitrogens is 1. The summed E-state index contributed by atoms with van der Waals surface area (Å²) in [6.45, 7) is 0. The Balaban J connectivity index is 2.11. The van der Waals surface area contributed by atoms with Gasteiger partial charge in [0.15, 0.2) is 5.11 Å². The van der Waals surface area contributed by atoms with Crippen molar-refractivity contribution in [1.82, 2.24) is 10.4 Å². The molecule has 0 aliphatic rings. The Hall–Kier alpha value is -2.40. The number of nitrogens with one attached hydrogen (secondary N) is 2. The molecule has 3 rings (SSSR count). The van der Waals surface area contributed by atoms with E-state index >= 15 is 0 Å². The summed E-state index contributed by atoms with van der Waals surface area (Å²) in [6, 6.07) is 12.4. The van der Waals surface area contributed by atoms with Gasteiger partial charge in [-0.15, -0.1) is 0 Å². The summed E-state index contributed by atoms with van der Waals surface area (Å²) in [5, 5.41) is 7.66. The highest BCUT2D eigenvalue weighted by molar-refractivity contribution is 7.80. The zero-order chi connectivity index (χ0) is 13.2. The molecule has 0 atom stereocenters. The Kier molecular flexibility index (Phi) is 2.89. The van der Waals surface area contributed by atoms with Gasteiger partial charge in [-0.3, -0.25) is 5.43 Å². The number of hydrazone groups is 1. The minimum absolute atomic E-state index is 0.154.